The van der Waals surface area contributed by atoms with Crippen molar-refractivity contribution in [2.45, 2.75) is 53.2 Å². The molecule has 1 aromatic carbocycles. The summed E-state index contributed by atoms with van der Waals surface area (Å²) in [4.78, 5) is 37.4. The van der Waals surface area contributed by atoms with Crippen molar-refractivity contribution in [3.8, 4) is 0 Å². The fourth-order valence-electron chi connectivity index (χ4n) is 5.03. The number of carbonyl (C=O) groups excluding carboxylic acids is 2. The number of nitrogens with one attached hydrogen (secondary N) is 2. The molecule has 38 heavy (non-hydrogen) atoms. The Kier molecular flexibility index (Phi) is 6.28. The zero-order chi connectivity index (χ0) is 27.4. The van der Waals surface area contributed by atoms with Crippen LogP contribution in [0.15, 0.2) is 36.7 Å². The Balaban J connectivity index is 1.40. The second-order valence-electron chi connectivity index (χ2n) is 11.0. The van der Waals surface area contributed by atoms with Crippen LogP contribution in [0.3, 0.4) is 0 Å². The number of aromatic nitrogens is 3. The van der Waals surface area contributed by atoms with Crippen LogP contribution in [0.1, 0.15) is 49.4 Å². The van der Waals surface area contributed by atoms with Crippen molar-refractivity contribution < 1.29 is 18.7 Å². The Labute approximate surface area is 220 Å². The molecule has 1 aliphatic rings. The third-order valence-corrected chi connectivity index (χ3v) is 6.62. The topological polar surface area (TPSA) is 95.0 Å². The number of anilines is 2. The first-order valence-electron chi connectivity index (χ1n) is 12.7. The van der Waals surface area contributed by atoms with Gasteiger partial charge in [-0.1, -0.05) is 0 Å². The Morgan fingerprint density at radius 1 is 1.16 bits per heavy atom. The minimum absolute atomic E-state index is 0.0442. The molecular formula is C28H33FN6O3. The number of fused-ring (bicyclic) bond motifs is 2. The van der Waals surface area contributed by atoms with Crippen LogP contribution >= 0.6 is 0 Å². The maximum absolute atomic E-state index is 14.5. The molecule has 2 amide bonds. The third-order valence-electron chi connectivity index (χ3n) is 6.62. The number of pyridine rings is 1. The van der Waals surface area contributed by atoms with E-state index >= 15 is 0 Å². The van der Waals surface area contributed by atoms with Crippen molar-refractivity contribution in [2.75, 3.05) is 29.9 Å². The highest BCUT2D eigenvalue weighted by molar-refractivity contribution is 6.14. The van der Waals surface area contributed by atoms with Crippen LogP contribution in [0.5, 0.6) is 0 Å². The molecule has 2 N–H and O–H groups in total. The molecule has 1 atom stereocenters. The molecule has 0 aliphatic carbocycles. The van der Waals surface area contributed by atoms with E-state index in [4.69, 9.17) is 4.74 Å². The largest absolute Gasteiger partial charge is 0.444 e. The number of benzene rings is 1. The van der Waals surface area contributed by atoms with Gasteiger partial charge in [-0.05, 0) is 59.7 Å². The number of piperazine rings is 1. The summed E-state index contributed by atoms with van der Waals surface area (Å²) in [6.07, 6.45) is 3.05. The maximum atomic E-state index is 14.5. The number of amides is 2. The lowest BCUT2D eigenvalue weighted by molar-refractivity contribution is 0.0219. The first kappa shape index (κ1) is 25.6. The van der Waals surface area contributed by atoms with E-state index in [1.165, 1.54) is 6.07 Å². The summed E-state index contributed by atoms with van der Waals surface area (Å²) in [5, 5.41) is 3.74. The van der Waals surface area contributed by atoms with Crippen LogP contribution < -0.4 is 10.2 Å². The van der Waals surface area contributed by atoms with E-state index in [1.807, 2.05) is 39.8 Å². The average molecular weight is 521 g/mol. The highest BCUT2D eigenvalue weighted by Crippen LogP contribution is 2.33. The summed E-state index contributed by atoms with van der Waals surface area (Å²) in [5.41, 5.74) is 3.77. The molecular weight excluding hydrogens is 487 g/mol. The number of hydrogen-bond acceptors (Lipinski definition) is 5. The summed E-state index contributed by atoms with van der Waals surface area (Å²) in [7, 11) is 0. The molecule has 0 unspecified atom stereocenters. The molecule has 4 aromatic rings. The lowest BCUT2D eigenvalue weighted by atomic mass is 10.1. The smallest absolute Gasteiger partial charge is 0.410 e. The molecule has 1 saturated heterocycles. The highest BCUT2D eigenvalue weighted by atomic mass is 19.1. The lowest BCUT2D eigenvalue weighted by Gasteiger charge is -2.41. The second kappa shape index (κ2) is 9.34. The van der Waals surface area contributed by atoms with Gasteiger partial charge in [0.05, 0.1) is 22.5 Å². The summed E-state index contributed by atoms with van der Waals surface area (Å²) in [5.74, 6) is -0.853. The zero-order valence-electron chi connectivity index (χ0n) is 22.6. The van der Waals surface area contributed by atoms with Crippen molar-refractivity contribution in [1.29, 1.82) is 0 Å². The average Bonchev–Trinajstić information content (AvgIpc) is 3.39. The number of imidazole rings is 1. The zero-order valence-corrected chi connectivity index (χ0v) is 22.6. The van der Waals surface area contributed by atoms with Gasteiger partial charge in [-0.2, -0.15) is 0 Å². The molecule has 0 saturated carbocycles. The number of hydrogen-bond donors (Lipinski definition) is 2. The molecule has 4 heterocycles. The van der Waals surface area contributed by atoms with E-state index in [2.05, 4.69) is 27.1 Å². The third kappa shape index (κ3) is 4.90. The van der Waals surface area contributed by atoms with Gasteiger partial charge in [0.25, 0.3) is 5.91 Å². The minimum Gasteiger partial charge on any atom is -0.444 e. The van der Waals surface area contributed by atoms with Crippen molar-refractivity contribution in [3.63, 3.8) is 0 Å². The van der Waals surface area contributed by atoms with E-state index in [9.17, 15) is 14.0 Å². The van der Waals surface area contributed by atoms with E-state index in [1.54, 1.807) is 34.7 Å². The first-order valence-corrected chi connectivity index (χ1v) is 12.7. The van der Waals surface area contributed by atoms with E-state index in [0.29, 0.717) is 42.1 Å². The summed E-state index contributed by atoms with van der Waals surface area (Å²) >= 11 is 0. The Morgan fingerprint density at radius 2 is 1.92 bits per heavy atom. The van der Waals surface area contributed by atoms with Crippen molar-refractivity contribution in [3.05, 3.63) is 59.4 Å². The first-order chi connectivity index (χ1) is 17.9. The van der Waals surface area contributed by atoms with Gasteiger partial charge in [0.1, 0.15) is 5.60 Å². The van der Waals surface area contributed by atoms with Gasteiger partial charge in [0.15, 0.2) is 11.5 Å². The SMILES string of the molecule is Cc1cn2cc(NC(=O)c3ccc(N4CCN(C(=O)OC(C)(C)C)C[C@@H]4C)c4cc(C)[nH]c34)cc(F)c2n1. The predicted molar refractivity (Wildman–Crippen MR) is 145 cm³/mol. The molecule has 10 heteroatoms. The van der Waals surface area contributed by atoms with Crippen LogP contribution in [0.4, 0.5) is 20.6 Å². The summed E-state index contributed by atoms with van der Waals surface area (Å²) in [6.45, 7) is 13.1. The number of halogens is 1. The van der Waals surface area contributed by atoms with Crippen LogP contribution in [0, 0.1) is 19.7 Å². The van der Waals surface area contributed by atoms with E-state index in [0.717, 1.165) is 16.8 Å². The Morgan fingerprint density at radius 3 is 2.63 bits per heavy atom. The molecule has 0 bridgehead atoms. The van der Waals surface area contributed by atoms with Crippen molar-refractivity contribution >= 4 is 39.9 Å². The minimum atomic E-state index is -0.544. The standard InChI is InChI=1S/C28H33FN6O3/c1-16-11-21-23(35-10-9-33(14-18(35)3)27(37)38-28(4,5)6)8-7-20(24(21)30-16)26(36)32-19-12-22(29)25-31-17(2)13-34(25)15-19/h7-8,11-13,15,18,30H,9-10,14H2,1-6H3,(H,32,36)/t18-/m0/s1. The molecule has 1 aliphatic heterocycles. The molecule has 3 aromatic heterocycles. The number of rotatable bonds is 3. The highest BCUT2D eigenvalue weighted by Gasteiger charge is 2.31. The number of carbonyl (C=O) groups is 2. The number of aryl methyl sites for hydroxylation is 2. The van der Waals surface area contributed by atoms with Gasteiger partial charge in [-0.3, -0.25) is 4.79 Å². The van der Waals surface area contributed by atoms with Gasteiger partial charge < -0.3 is 29.2 Å². The summed E-state index contributed by atoms with van der Waals surface area (Å²) in [6, 6.07) is 7.06. The predicted octanol–water partition coefficient (Wildman–Crippen LogP) is 5.27. The van der Waals surface area contributed by atoms with Gasteiger partial charge in [0, 0.05) is 60.9 Å². The van der Waals surface area contributed by atoms with Crippen molar-refractivity contribution in [2.24, 2.45) is 0 Å². The van der Waals surface area contributed by atoms with Crippen LogP contribution in [0.25, 0.3) is 16.6 Å². The molecule has 0 radical (unpaired) electrons. The van der Waals surface area contributed by atoms with Gasteiger partial charge >= 0.3 is 6.09 Å². The van der Waals surface area contributed by atoms with Crippen LogP contribution in [-0.2, 0) is 4.74 Å². The number of nitrogens with zero attached hydrogens (tertiary/aromatic N) is 4. The molecule has 9 nitrogen and oxygen atoms in total. The second-order valence-corrected chi connectivity index (χ2v) is 11.0. The quantitative estimate of drug-likeness (QED) is 0.384. The molecule has 5 rings (SSSR count). The molecule has 1 fully saturated rings. The van der Waals surface area contributed by atoms with E-state index < -0.39 is 11.4 Å². The summed E-state index contributed by atoms with van der Waals surface area (Å²) < 4.78 is 21.7. The lowest BCUT2D eigenvalue weighted by Crippen LogP contribution is -2.54. The number of H-pyrrole nitrogens is 1. The fraction of sp³-hybridized carbons (Fsp3) is 0.393. The van der Waals surface area contributed by atoms with Gasteiger partial charge in [-0.25, -0.2) is 14.2 Å². The molecule has 0 spiro atoms. The van der Waals surface area contributed by atoms with E-state index in [-0.39, 0.29) is 23.7 Å². The fourth-order valence-corrected chi connectivity index (χ4v) is 5.03. The Hall–Kier alpha value is -4.08. The monoisotopic (exact) mass is 520 g/mol. The van der Waals surface area contributed by atoms with Crippen LogP contribution in [-0.4, -0.2) is 62.5 Å². The van der Waals surface area contributed by atoms with Gasteiger partial charge in [0.2, 0.25) is 0 Å². The number of ether oxygens (including phenoxy) is 1. The van der Waals surface area contributed by atoms with Crippen molar-refractivity contribution in [1.82, 2.24) is 19.3 Å². The van der Waals surface area contributed by atoms with Crippen LogP contribution in [0.2, 0.25) is 0 Å². The normalized spacial score (nSPS) is 16.3. The number of aromatic amines is 1. The maximum Gasteiger partial charge on any atom is 0.410 e. The molecule has 200 valence electrons. The van der Waals surface area contributed by atoms with Gasteiger partial charge in [-0.15, -0.1) is 0 Å². The Bertz CT molecular complexity index is 1550.